The molecule has 9 heterocycles. The van der Waals surface area contributed by atoms with Gasteiger partial charge in [0, 0.05) is 39.5 Å². The number of halogens is 3. The van der Waals surface area contributed by atoms with Crippen LogP contribution in [0.15, 0.2) is 151 Å². The molecular formula is C86H107Br2ClN12O9S5. The number of oxazole rings is 2. The topological polar surface area (TPSA) is 246 Å². The minimum absolute atomic E-state index is 0.150. The fourth-order valence-corrected chi connectivity index (χ4v) is 13.7. The van der Waals surface area contributed by atoms with Crippen LogP contribution in [-0.4, -0.2) is 101 Å². The Morgan fingerprint density at radius 2 is 0.730 bits per heavy atom. The predicted octanol–water partition coefficient (Wildman–Crippen LogP) is 24.8. The number of aromatic nitrogens is 12. The highest BCUT2D eigenvalue weighted by molar-refractivity contribution is 9.10. The summed E-state index contributed by atoms with van der Waals surface area (Å²) in [6.07, 6.45) is 5.12. The molecular weight excluding hydrogens is 1700 g/mol. The highest BCUT2D eigenvalue weighted by Gasteiger charge is 2.18. The quantitative estimate of drug-likeness (QED) is 0.0464. The molecule has 0 saturated carbocycles. The summed E-state index contributed by atoms with van der Waals surface area (Å²) in [6, 6.07) is 38.3. The van der Waals surface area contributed by atoms with Gasteiger partial charge >= 0.3 is 0 Å². The molecule has 13 aromatic rings. The molecule has 0 N–H and O–H groups in total. The van der Waals surface area contributed by atoms with E-state index in [0.717, 1.165) is 96.8 Å². The Balaban J connectivity index is 0.000000186. The van der Waals surface area contributed by atoms with Crippen molar-refractivity contribution in [2.45, 2.75) is 240 Å². The number of hydrogen-bond donors (Lipinski definition) is 0. The summed E-state index contributed by atoms with van der Waals surface area (Å²) in [5, 5.41) is 7.66. The smallest absolute Gasteiger partial charge is 0.222 e. The summed E-state index contributed by atoms with van der Waals surface area (Å²) in [5.74, 6) is 3.91. The Morgan fingerprint density at radius 3 is 1.14 bits per heavy atom. The molecule has 0 fully saturated rings. The van der Waals surface area contributed by atoms with Crippen LogP contribution in [0.5, 0.6) is 0 Å². The second-order valence-electron chi connectivity index (χ2n) is 28.6. The van der Waals surface area contributed by atoms with Gasteiger partial charge in [-0.15, -0.1) is 22.7 Å². The van der Waals surface area contributed by atoms with E-state index in [1.165, 1.54) is 57.0 Å². The van der Waals surface area contributed by atoms with E-state index in [1.54, 1.807) is 28.9 Å². The van der Waals surface area contributed by atoms with Gasteiger partial charge in [0.1, 0.15) is 75.2 Å². The maximum Gasteiger partial charge on any atom is 0.222 e. The lowest BCUT2D eigenvalue weighted by atomic mass is 10.1. The van der Waals surface area contributed by atoms with Gasteiger partial charge in [0.2, 0.25) is 11.8 Å². The third-order valence-electron chi connectivity index (χ3n) is 15.2. The van der Waals surface area contributed by atoms with Crippen LogP contribution >= 0.6 is 101 Å². The number of fused-ring (bicyclic) bond motifs is 1. The van der Waals surface area contributed by atoms with E-state index in [4.69, 9.17) is 53.6 Å². The number of hydrogen-bond acceptors (Lipinski definition) is 26. The number of thiazole rings is 2. The van der Waals surface area contributed by atoms with Gasteiger partial charge in [-0.25, -0.2) is 34.9 Å². The van der Waals surface area contributed by atoms with Crippen molar-refractivity contribution >= 4 is 111 Å². The zero-order valence-corrected chi connectivity index (χ0v) is 77.5. The first-order valence-corrected chi connectivity index (χ1v) is 43.9. The Hall–Kier alpha value is -7.23. The number of benzene rings is 4. The Bertz CT molecular complexity index is 4590. The van der Waals surface area contributed by atoms with Gasteiger partial charge < -0.3 is 42.0 Å². The summed E-state index contributed by atoms with van der Waals surface area (Å²) in [7, 11) is 0. The van der Waals surface area contributed by atoms with Crippen LogP contribution in [0.3, 0.4) is 0 Å². The largest absolute Gasteiger partial charge is 0.431 e. The minimum Gasteiger partial charge on any atom is -0.431 e. The minimum atomic E-state index is 0.150. The van der Waals surface area contributed by atoms with Crippen molar-refractivity contribution in [3.05, 3.63) is 218 Å². The average Bonchev–Trinajstić information content (AvgIpc) is 1.68. The van der Waals surface area contributed by atoms with Gasteiger partial charge in [0.25, 0.3) is 0 Å². The SMILES string of the molecule is CC(C)OCc1nc(C(C)C)cs1.CC(C)OCc1nc2cc(Cl)ccc2s1.Cc1ccc(-c2nc(COC(C)C)oc2Br)cc1.Cc1ccc(-c2nc(COC(C)C)oc2Br)nc1.Cc1ccc(-c2nsc(COC(C)C)n2)cc1.Cc1ccc(-c2nsc(COC(C)C)n2)cc1.Cc1ccc(-c2nsc(COC(C)C)n2)nc1. The van der Waals surface area contributed by atoms with Crippen LogP contribution in [0.2, 0.25) is 5.02 Å². The molecule has 13 rings (SSSR count). The summed E-state index contributed by atoms with van der Waals surface area (Å²) in [5.41, 5.74) is 14.3. The third kappa shape index (κ3) is 35.1. The predicted molar refractivity (Wildman–Crippen MR) is 475 cm³/mol. The zero-order chi connectivity index (χ0) is 83.7. The van der Waals surface area contributed by atoms with Gasteiger partial charge in [0.15, 0.2) is 26.8 Å². The van der Waals surface area contributed by atoms with Crippen molar-refractivity contribution < 1.29 is 42.0 Å². The van der Waals surface area contributed by atoms with Crippen molar-refractivity contribution in [3.63, 3.8) is 0 Å². The summed E-state index contributed by atoms with van der Waals surface area (Å²) >= 11 is 20.1. The molecule has 0 unspecified atom stereocenters. The van der Waals surface area contributed by atoms with E-state index in [-0.39, 0.29) is 42.7 Å². The van der Waals surface area contributed by atoms with Gasteiger partial charge in [-0.2, -0.15) is 13.1 Å². The number of aryl methyl sites for hydroxylation is 5. The second-order valence-corrected chi connectivity index (χ2v) is 35.0. The van der Waals surface area contributed by atoms with Crippen LogP contribution in [0.4, 0.5) is 0 Å². The molecule has 0 atom stereocenters. The maximum absolute atomic E-state index is 5.89. The lowest BCUT2D eigenvalue weighted by Crippen LogP contribution is -2.02. The molecule has 0 aliphatic heterocycles. The molecule has 9 aromatic heterocycles. The first kappa shape index (κ1) is 94.9. The van der Waals surface area contributed by atoms with E-state index in [9.17, 15) is 0 Å². The first-order valence-electron chi connectivity index (χ1n) is 38.0. The van der Waals surface area contributed by atoms with Gasteiger partial charge in [-0.05, 0) is 245 Å². The number of nitrogens with zero attached hydrogens (tertiary/aromatic N) is 12. The molecule has 21 nitrogen and oxygen atoms in total. The molecule has 616 valence electrons. The Labute approximate surface area is 720 Å². The third-order valence-corrected chi connectivity index (χ3v) is 20.5. The lowest BCUT2D eigenvalue weighted by molar-refractivity contribution is 0.0512. The molecule has 0 amide bonds. The molecule has 0 radical (unpaired) electrons. The van der Waals surface area contributed by atoms with Gasteiger partial charge in [-0.1, -0.05) is 127 Å². The monoisotopic (exact) mass is 1800 g/mol. The van der Waals surface area contributed by atoms with Gasteiger partial charge in [-0.3, -0.25) is 9.97 Å². The van der Waals surface area contributed by atoms with E-state index < -0.39 is 0 Å². The van der Waals surface area contributed by atoms with Crippen molar-refractivity contribution in [2.24, 2.45) is 0 Å². The van der Waals surface area contributed by atoms with E-state index >= 15 is 0 Å². The molecule has 29 heteroatoms. The molecule has 0 spiro atoms. The highest BCUT2D eigenvalue weighted by atomic mass is 79.9. The van der Waals surface area contributed by atoms with E-state index in [0.29, 0.717) is 84.8 Å². The molecule has 0 aliphatic carbocycles. The average molecular weight is 1810 g/mol. The van der Waals surface area contributed by atoms with Crippen molar-refractivity contribution in [2.75, 3.05) is 0 Å². The zero-order valence-electron chi connectivity index (χ0n) is 69.5. The van der Waals surface area contributed by atoms with Crippen LogP contribution < -0.4 is 0 Å². The standard InChI is InChI=1S/C14H16BrNO2.C13H15BrN2O2.2C13H16N2OS.C12H15N3OS.C11H12ClNOS.C10H17NOS/c1-9(2)17-8-12-16-13(14(15)18-12)11-6-4-10(3)5-7-11;1-8(2)17-7-11-16-12(13(14)18-11)10-5-4-9(3)6-15-10;2*1-9(2)16-8-12-14-13(15-17-12)11-6-4-10(3)5-7-11;1-8(2)16-7-11-14-12(15-17-11)10-5-4-9(3)6-13-10;1-7(2)14-6-11-13-9-5-8(12)3-4-10(9)15-11;1-7(2)9-6-13-10(11-9)5-12-8(3)4/h4-7,9H,8H2,1-3H3;4-6,8H,7H2,1-3H3;2*4-7,9H,8H2,1-3H3;4-6,8H,7H2,1-3H3;3-5,7H,6H2,1-2H3;6-8H,5H2,1-4H3. The Kier molecular flexibility index (Phi) is 40.6. The molecule has 0 saturated heterocycles. The van der Waals surface area contributed by atoms with Crippen molar-refractivity contribution in [1.29, 1.82) is 0 Å². The van der Waals surface area contributed by atoms with Crippen LogP contribution in [0, 0.1) is 34.6 Å². The maximum atomic E-state index is 5.89. The molecule has 0 aliphatic rings. The van der Waals surface area contributed by atoms with Crippen molar-refractivity contribution in [3.8, 4) is 56.9 Å². The second kappa shape index (κ2) is 49.2. The Morgan fingerprint density at radius 1 is 0.365 bits per heavy atom. The summed E-state index contributed by atoms with van der Waals surface area (Å²) < 4.78 is 64.8. The van der Waals surface area contributed by atoms with Crippen LogP contribution in [0.1, 0.15) is 187 Å². The van der Waals surface area contributed by atoms with E-state index in [2.05, 4.69) is 166 Å². The molecule has 0 bridgehead atoms. The van der Waals surface area contributed by atoms with E-state index in [1.807, 2.05) is 196 Å². The van der Waals surface area contributed by atoms with Gasteiger partial charge in [0.05, 0.1) is 77.5 Å². The fourth-order valence-electron chi connectivity index (χ4n) is 9.08. The summed E-state index contributed by atoms with van der Waals surface area (Å²) in [4.78, 5) is 39.7. The number of ether oxygens (including phenoxy) is 7. The first-order chi connectivity index (χ1) is 54.8. The fraction of sp³-hybridized carbons (Fsp3) is 0.419. The van der Waals surface area contributed by atoms with Crippen molar-refractivity contribution in [1.82, 2.24) is 58.0 Å². The normalized spacial score (nSPS) is 11.2. The number of rotatable bonds is 27. The molecule has 4 aromatic carbocycles. The highest BCUT2D eigenvalue weighted by Crippen LogP contribution is 2.32. The summed E-state index contributed by atoms with van der Waals surface area (Å²) in [6.45, 7) is 46.2. The molecule has 115 heavy (non-hydrogen) atoms. The number of pyridine rings is 2. The van der Waals surface area contributed by atoms with Crippen LogP contribution in [-0.2, 0) is 79.4 Å². The lowest BCUT2D eigenvalue weighted by Gasteiger charge is -2.04. The van der Waals surface area contributed by atoms with Crippen LogP contribution in [0.25, 0.3) is 67.2 Å².